The molecule has 2 aromatic carbocycles. The first-order valence-corrected chi connectivity index (χ1v) is 6.32. The second kappa shape index (κ2) is 7.00. The van der Waals surface area contributed by atoms with Gasteiger partial charge in [-0.25, -0.2) is 4.79 Å². The predicted octanol–water partition coefficient (Wildman–Crippen LogP) is 2.84. The maximum absolute atomic E-state index is 12.0. The van der Waals surface area contributed by atoms with Crippen molar-refractivity contribution in [1.29, 1.82) is 0 Å². The number of carbonyl (C=O) groups is 2. The van der Waals surface area contributed by atoms with Gasteiger partial charge in [0.1, 0.15) is 0 Å². The molecule has 1 amide bonds. The van der Waals surface area contributed by atoms with Crippen molar-refractivity contribution in [3.05, 3.63) is 65.7 Å². The topological polar surface area (TPSA) is 67.8 Å². The number of rotatable bonds is 4. The van der Waals surface area contributed by atoms with Gasteiger partial charge in [0.15, 0.2) is 0 Å². The van der Waals surface area contributed by atoms with Crippen LogP contribution in [0.15, 0.2) is 59.8 Å². The van der Waals surface area contributed by atoms with E-state index in [0.29, 0.717) is 11.3 Å². The lowest BCUT2D eigenvalue weighted by atomic mass is 10.2. The van der Waals surface area contributed by atoms with E-state index in [1.165, 1.54) is 13.1 Å². The average Bonchev–Trinajstić information content (AvgIpc) is 2.49. The van der Waals surface area contributed by atoms with Gasteiger partial charge in [-0.3, -0.25) is 4.79 Å². The minimum atomic E-state index is -0.474. The van der Waals surface area contributed by atoms with Crippen LogP contribution in [0, 0.1) is 0 Å². The molecule has 2 aromatic rings. The molecule has 0 unspecified atom stereocenters. The van der Waals surface area contributed by atoms with Crippen LogP contribution >= 0.6 is 0 Å². The maximum atomic E-state index is 12.0. The number of nitrogens with one attached hydrogen (secondary N) is 1. The van der Waals surface area contributed by atoms with Gasteiger partial charge in [0.25, 0.3) is 5.91 Å². The molecule has 5 nitrogen and oxygen atoms in total. The zero-order valence-corrected chi connectivity index (χ0v) is 11.4. The third-order valence-electron chi connectivity index (χ3n) is 2.59. The Labute approximate surface area is 122 Å². The van der Waals surface area contributed by atoms with Crippen LogP contribution < -0.4 is 5.32 Å². The number of amides is 1. The van der Waals surface area contributed by atoms with Gasteiger partial charge < -0.3 is 10.2 Å². The number of hydrogen-bond acceptors (Lipinski definition) is 4. The fourth-order valence-corrected chi connectivity index (χ4v) is 1.61. The molecule has 0 atom stereocenters. The van der Waals surface area contributed by atoms with E-state index in [9.17, 15) is 9.59 Å². The van der Waals surface area contributed by atoms with Gasteiger partial charge in [0.05, 0.1) is 6.21 Å². The molecule has 0 radical (unpaired) electrons. The minimum absolute atomic E-state index is 0.170. The SMILES string of the molecule is CC(=O)ON=Cc1ccc(NC(=O)c2ccccc2)cc1. The Morgan fingerprint density at radius 1 is 1.05 bits per heavy atom. The average molecular weight is 282 g/mol. The Kier molecular flexibility index (Phi) is 4.82. The molecular weight excluding hydrogens is 268 g/mol. The van der Waals surface area contributed by atoms with Crippen molar-refractivity contribution in [2.24, 2.45) is 5.16 Å². The van der Waals surface area contributed by atoms with Crippen molar-refractivity contribution in [3.8, 4) is 0 Å². The third kappa shape index (κ3) is 4.58. The number of carbonyl (C=O) groups excluding carboxylic acids is 2. The maximum Gasteiger partial charge on any atom is 0.331 e. The molecule has 106 valence electrons. The summed E-state index contributed by atoms with van der Waals surface area (Å²) in [5, 5.41) is 6.31. The van der Waals surface area contributed by atoms with Crippen LogP contribution in [0.25, 0.3) is 0 Å². The summed E-state index contributed by atoms with van der Waals surface area (Å²) in [6.45, 7) is 1.28. The zero-order chi connectivity index (χ0) is 15.1. The van der Waals surface area contributed by atoms with Crippen molar-refractivity contribution in [2.45, 2.75) is 6.92 Å². The van der Waals surface area contributed by atoms with E-state index < -0.39 is 5.97 Å². The van der Waals surface area contributed by atoms with Crippen molar-refractivity contribution < 1.29 is 14.4 Å². The lowest BCUT2D eigenvalue weighted by molar-refractivity contribution is -0.140. The number of nitrogens with zero attached hydrogens (tertiary/aromatic N) is 1. The molecule has 0 saturated heterocycles. The lowest BCUT2D eigenvalue weighted by Crippen LogP contribution is -2.11. The largest absolute Gasteiger partial charge is 0.331 e. The molecule has 0 aromatic heterocycles. The van der Waals surface area contributed by atoms with Crippen LogP contribution in [-0.2, 0) is 9.63 Å². The molecule has 0 aliphatic carbocycles. The summed E-state index contributed by atoms with van der Waals surface area (Å²) < 4.78 is 0. The number of benzene rings is 2. The fourth-order valence-electron chi connectivity index (χ4n) is 1.61. The zero-order valence-electron chi connectivity index (χ0n) is 11.4. The van der Waals surface area contributed by atoms with E-state index in [1.807, 2.05) is 18.2 Å². The molecule has 0 aliphatic heterocycles. The normalized spacial score (nSPS) is 10.3. The van der Waals surface area contributed by atoms with E-state index in [2.05, 4.69) is 15.3 Å². The predicted molar refractivity (Wildman–Crippen MR) is 80.2 cm³/mol. The molecule has 5 heteroatoms. The summed E-state index contributed by atoms with van der Waals surface area (Å²) in [5.74, 6) is -0.644. The lowest BCUT2D eigenvalue weighted by Gasteiger charge is -2.05. The van der Waals surface area contributed by atoms with Crippen LogP contribution in [0.4, 0.5) is 5.69 Å². The summed E-state index contributed by atoms with van der Waals surface area (Å²) in [7, 11) is 0. The molecular formula is C16H14N2O3. The second-order valence-corrected chi connectivity index (χ2v) is 4.26. The van der Waals surface area contributed by atoms with E-state index in [-0.39, 0.29) is 5.91 Å². The van der Waals surface area contributed by atoms with Crippen molar-refractivity contribution in [3.63, 3.8) is 0 Å². The molecule has 0 spiro atoms. The summed E-state index contributed by atoms with van der Waals surface area (Å²) in [6, 6.07) is 16.0. The highest BCUT2D eigenvalue weighted by molar-refractivity contribution is 6.04. The monoisotopic (exact) mass is 282 g/mol. The summed E-state index contributed by atoms with van der Waals surface area (Å²) in [6.07, 6.45) is 1.42. The number of oxime groups is 1. The molecule has 0 saturated carbocycles. The van der Waals surface area contributed by atoms with Crippen molar-refractivity contribution >= 4 is 23.8 Å². The van der Waals surface area contributed by atoms with Gasteiger partial charge >= 0.3 is 5.97 Å². The van der Waals surface area contributed by atoms with E-state index in [1.54, 1.807) is 36.4 Å². The van der Waals surface area contributed by atoms with Gasteiger partial charge in [-0.1, -0.05) is 35.5 Å². The van der Waals surface area contributed by atoms with Gasteiger partial charge in [-0.2, -0.15) is 0 Å². The molecule has 0 aliphatic rings. The van der Waals surface area contributed by atoms with Gasteiger partial charge in [0, 0.05) is 18.2 Å². The molecule has 21 heavy (non-hydrogen) atoms. The highest BCUT2D eigenvalue weighted by atomic mass is 16.7. The fraction of sp³-hybridized carbons (Fsp3) is 0.0625. The summed E-state index contributed by atoms with van der Waals surface area (Å²) in [4.78, 5) is 27.0. The Hall–Kier alpha value is -2.95. The van der Waals surface area contributed by atoms with Crippen LogP contribution in [0.1, 0.15) is 22.8 Å². The minimum Gasteiger partial charge on any atom is -0.322 e. The van der Waals surface area contributed by atoms with Crippen LogP contribution in [0.3, 0.4) is 0 Å². The molecule has 0 bridgehead atoms. The van der Waals surface area contributed by atoms with Gasteiger partial charge in [-0.05, 0) is 29.8 Å². The number of anilines is 1. The van der Waals surface area contributed by atoms with Crippen molar-refractivity contribution in [1.82, 2.24) is 0 Å². The molecule has 0 fully saturated rings. The van der Waals surface area contributed by atoms with Gasteiger partial charge in [-0.15, -0.1) is 0 Å². The van der Waals surface area contributed by atoms with Crippen LogP contribution in [-0.4, -0.2) is 18.1 Å². The van der Waals surface area contributed by atoms with E-state index in [0.717, 1.165) is 5.56 Å². The van der Waals surface area contributed by atoms with Crippen molar-refractivity contribution in [2.75, 3.05) is 5.32 Å². The standard InChI is InChI=1S/C16H14N2O3/c1-12(19)21-17-11-13-7-9-15(10-8-13)18-16(20)14-5-3-2-4-6-14/h2-11H,1H3,(H,18,20). The Morgan fingerprint density at radius 2 is 1.71 bits per heavy atom. The second-order valence-electron chi connectivity index (χ2n) is 4.26. The molecule has 2 rings (SSSR count). The highest BCUT2D eigenvalue weighted by Gasteiger charge is 2.04. The quantitative estimate of drug-likeness (QED) is 0.532. The summed E-state index contributed by atoms with van der Waals surface area (Å²) in [5.41, 5.74) is 2.03. The third-order valence-corrected chi connectivity index (χ3v) is 2.59. The molecule has 0 heterocycles. The molecule has 1 N–H and O–H groups in total. The van der Waals surface area contributed by atoms with E-state index in [4.69, 9.17) is 0 Å². The first kappa shape index (κ1) is 14.5. The van der Waals surface area contributed by atoms with Crippen LogP contribution in [0.2, 0.25) is 0 Å². The number of hydrogen-bond donors (Lipinski definition) is 1. The first-order valence-electron chi connectivity index (χ1n) is 6.32. The summed E-state index contributed by atoms with van der Waals surface area (Å²) >= 11 is 0. The Balaban J connectivity index is 1.98. The smallest absolute Gasteiger partial charge is 0.322 e. The van der Waals surface area contributed by atoms with Gasteiger partial charge in [0.2, 0.25) is 0 Å². The highest BCUT2D eigenvalue weighted by Crippen LogP contribution is 2.10. The Bertz CT molecular complexity index is 649. The van der Waals surface area contributed by atoms with E-state index >= 15 is 0 Å². The first-order chi connectivity index (χ1) is 10.1. The Morgan fingerprint density at radius 3 is 2.33 bits per heavy atom. The van der Waals surface area contributed by atoms with Crippen LogP contribution in [0.5, 0.6) is 0 Å².